The van der Waals surface area contributed by atoms with Gasteiger partial charge in [-0.05, 0) is 61.2 Å². The van der Waals surface area contributed by atoms with E-state index in [-0.39, 0.29) is 0 Å². The van der Waals surface area contributed by atoms with Gasteiger partial charge in [0, 0.05) is 11.8 Å². The molecule has 3 saturated carbocycles. The molecule has 0 aromatic carbocycles. The van der Waals surface area contributed by atoms with Crippen LogP contribution in [0.3, 0.4) is 0 Å². The van der Waals surface area contributed by atoms with Gasteiger partial charge in [0.05, 0.1) is 0 Å². The molecule has 6 unspecified atom stereocenters. The van der Waals surface area contributed by atoms with Crippen LogP contribution in [0.2, 0.25) is 0 Å². The molecule has 3 aliphatic carbocycles. The Balaban J connectivity index is 1.75. The summed E-state index contributed by atoms with van der Waals surface area (Å²) in [6.07, 6.45) is 5.11. The van der Waals surface area contributed by atoms with Gasteiger partial charge in [0.2, 0.25) is 0 Å². The third-order valence-electron chi connectivity index (χ3n) is 6.46. The monoisotopic (exact) mass is 248 g/mol. The number of carbonyl (C=O) groups is 1. The van der Waals surface area contributed by atoms with Crippen LogP contribution in [0.1, 0.15) is 53.4 Å². The molecule has 0 saturated heterocycles. The number of hydrogen-bond donors (Lipinski definition) is 0. The highest BCUT2D eigenvalue weighted by Gasteiger charge is 2.57. The van der Waals surface area contributed by atoms with E-state index in [4.69, 9.17) is 0 Å². The summed E-state index contributed by atoms with van der Waals surface area (Å²) in [6, 6.07) is 0. The van der Waals surface area contributed by atoms with Crippen LogP contribution < -0.4 is 0 Å². The van der Waals surface area contributed by atoms with Crippen LogP contribution in [0.25, 0.3) is 0 Å². The molecule has 102 valence electrons. The van der Waals surface area contributed by atoms with Gasteiger partial charge in [0.1, 0.15) is 5.78 Å². The van der Waals surface area contributed by atoms with Crippen LogP contribution in [0.15, 0.2) is 0 Å². The molecular formula is C17H28O. The molecule has 1 nitrogen and oxygen atoms in total. The maximum absolute atomic E-state index is 12.6. The first kappa shape index (κ1) is 12.7. The standard InChI is InChI=1S/C17H28O/c1-9(2)11-5-13-14-6-12(10(3)4)8-16(14)17(18)15(13)7-11/h9-16H,5-8H2,1-4H3. The maximum atomic E-state index is 12.6. The summed E-state index contributed by atoms with van der Waals surface area (Å²) in [7, 11) is 0. The van der Waals surface area contributed by atoms with E-state index in [2.05, 4.69) is 27.7 Å². The molecule has 0 aromatic heterocycles. The predicted molar refractivity (Wildman–Crippen MR) is 74.1 cm³/mol. The molecule has 0 aliphatic heterocycles. The first-order chi connectivity index (χ1) is 8.49. The Hall–Kier alpha value is -0.330. The fourth-order valence-electron chi connectivity index (χ4n) is 5.19. The predicted octanol–water partition coefficient (Wildman–Crippen LogP) is 4.17. The fraction of sp³-hybridized carbons (Fsp3) is 0.941. The number of ketones is 1. The zero-order chi connectivity index (χ0) is 13.0. The van der Waals surface area contributed by atoms with Crippen molar-refractivity contribution in [3.63, 3.8) is 0 Å². The number of carbonyl (C=O) groups excluding carboxylic acids is 1. The number of fused-ring (bicyclic) bond motifs is 3. The third kappa shape index (κ3) is 1.77. The van der Waals surface area contributed by atoms with Crippen LogP contribution >= 0.6 is 0 Å². The van der Waals surface area contributed by atoms with Crippen LogP contribution in [0.5, 0.6) is 0 Å². The average molecular weight is 248 g/mol. The lowest BCUT2D eigenvalue weighted by molar-refractivity contribution is -0.124. The Bertz CT molecular complexity index is 312. The lowest BCUT2D eigenvalue weighted by atomic mass is 9.85. The highest BCUT2D eigenvalue weighted by atomic mass is 16.1. The smallest absolute Gasteiger partial charge is 0.139 e. The molecule has 1 heteroatoms. The van der Waals surface area contributed by atoms with Crippen molar-refractivity contribution < 1.29 is 4.79 Å². The summed E-state index contributed by atoms with van der Waals surface area (Å²) in [5, 5.41) is 0. The van der Waals surface area contributed by atoms with Crippen LogP contribution in [-0.4, -0.2) is 5.78 Å². The van der Waals surface area contributed by atoms with Crippen LogP contribution in [0, 0.1) is 47.3 Å². The van der Waals surface area contributed by atoms with Crippen LogP contribution in [-0.2, 0) is 4.79 Å². The van der Waals surface area contributed by atoms with Gasteiger partial charge in [0.15, 0.2) is 0 Å². The average Bonchev–Trinajstić information content (AvgIpc) is 2.95. The van der Waals surface area contributed by atoms with Gasteiger partial charge in [0.25, 0.3) is 0 Å². The second-order valence-electron chi connectivity index (χ2n) is 7.89. The Morgan fingerprint density at radius 3 is 1.50 bits per heavy atom. The summed E-state index contributed by atoms with van der Waals surface area (Å²) in [5.41, 5.74) is 0. The van der Waals surface area contributed by atoms with E-state index >= 15 is 0 Å². The fourth-order valence-corrected chi connectivity index (χ4v) is 5.19. The van der Waals surface area contributed by atoms with Crippen LogP contribution in [0.4, 0.5) is 0 Å². The Kier molecular flexibility index (Phi) is 3.07. The van der Waals surface area contributed by atoms with Gasteiger partial charge < -0.3 is 0 Å². The molecule has 0 radical (unpaired) electrons. The second kappa shape index (κ2) is 4.35. The van der Waals surface area contributed by atoms with Crippen molar-refractivity contribution in [1.82, 2.24) is 0 Å². The lowest BCUT2D eigenvalue weighted by Crippen LogP contribution is -2.17. The molecule has 0 N–H and O–H groups in total. The second-order valence-corrected chi connectivity index (χ2v) is 7.89. The zero-order valence-electron chi connectivity index (χ0n) is 12.4. The van der Waals surface area contributed by atoms with Gasteiger partial charge in [-0.15, -0.1) is 0 Å². The first-order valence-corrected chi connectivity index (χ1v) is 8.02. The SMILES string of the molecule is CC(C)C1CC2C(=O)C3CC(C(C)C)CC3C2C1. The molecule has 3 aliphatic rings. The van der Waals surface area contributed by atoms with Crippen molar-refractivity contribution in [2.24, 2.45) is 47.3 Å². The Morgan fingerprint density at radius 1 is 0.778 bits per heavy atom. The molecule has 6 atom stereocenters. The van der Waals surface area contributed by atoms with E-state index in [1.165, 1.54) is 25.7 Å². The highest BCUT2D eigenvalue weighted by molar-refractivity contribution is 5.87. The van der Waals surface area contributed by atoms with Gasteiger partial charge in [-0.2, -0.15) is 0 Å². The first-order valence-electron chi connectivity index (χ1n) is 8.02. The van der Waals surface area contributed by atoms with E-state index in [1.807, 2.05) is 0 Å². The minimum atomic E-state index is 0.459. The third-order valence-corrected chi connectivity index (χ3v) is 6.46. The van der Waals surface area contributed by atoms with Crippen molar-refractivity contribution in [1.29, 1.82) is 0 Å². The zero-order valence-corrected chi connectivity index (χ0v) is 12.4. The number of rotatable bonds is 2. The summed E-state index contributed by atoms with van der Waals surface area (Å²) in [5.74, 6) is 6.29. The molecule has 0 amide bonds. The van der Waals surface area contributed by atoms with E-state index in [0.717, 1.165) is 35.5 Å². The molecule has 0 spiro atoms. The highest BCUT2D eigenvalue weighted by Crippen LogP contribution is 2.59. The van der Waals surface area contributed by atoms with Gasteiger partial charge in [-0.3, -0.25) is 4.79 Å². The maximum Gasteiger partial charge on any atom is 0.139 e. The summed E-state index contributed by atoms with van der Waals surface area (Å²) < 4.78 is 0. The minimum absolute atomic E-state index is 0.459. The van der Waals surface area contributed by atoms with Crippen molar-refractivity contribution >= 4 is 5.78 Å². The number of hydrogen-bond acceptors (Lipinski definition) is 1. The van der Waals surface area contributed by atoms with E-state index in [0.29, 0.717) is 17.6 Å². The summed E-state index contributed by atoms with van der Waals surface area (Å²) in [4.78, 5) is 12.6. The van der Waals surface area contributed by atoms with Gasteiger partial charge in [-0.25, -0.2) is 0 Å². The largest absolute Gasteiger partial charge is 0.299 e. The quantitative estimate of drug-likeness (QED) is 0.717. The summed E-state index contributed by atoms with van der Waals surface area (Å²) >= 11 is 0. The summed E-state index contributed by atoms with van der Waals surface area (Å²) in [6.45, 7) is 9.33. The molecule has 0 heterocycles. The normalized spacial score (nSPS) is 47.1. The Labute approximate surface area is 112 Å². The van der Waals surface area contributed by atoms with E-state index in [9.17, 15) is 4.79 Å². The van der Waals surface area contributed by atoms with Gasteiger partial charge in [-0.1, -0.05) is 27.7 Å². The molecule has 3 rings (SSSR count). The molecule has 18 heavy (non-hydrogen) atoms. The Morgan fingerprint density at radius 2 is 1.17 bits per heavy atom. The number of Topliss-reactive ketones (excluding diaryl/α,β-unsaturated/α-hetero) is 1. The minimum Gasteiger partial charge on any atom is -0.299 e. The molecule has 3 fully saturated rings. The molecule has 0 aromatic rings. The molecular weight excluding hydrogens is 220 g/mol. The molecule has 0 bridgehead atoms. The topological polar surface area (TPSA) is 17.1 Å². The van der Waals surface area contributed by atoms with Gasteiger partial charge >= 0.3 is 0 Å². The van der Waals surface area contributed by atoms with Crippen molar-refractivity contribution in [3.8, 4) is 0 Å². The van der Waals surface area contributed by atoms with Crippen molar-refractivity contribution in [2.45, 2.75) is 53.4 Å². The lowest BCUT2D eigenvalue weighted by Gasteiger charge is -2.20. The van der Waals surface area contributed by atoms with E-state index < -0.39 is 0 Å². The van der Waals surface area contributed by atoms with Crippen molar-refractivity contribution in [3.05, 3.63) is 0 Å². The van der Waals surface area contributed by atoms with E-state index in [1.54, 1.807) is 0 Å². The van der Waals surface area contributed by atoms with Crippen molar-refractivity contribution in [2.75, 3.05) is 0 Å².